The van der Waals surface area contributed by atoms with Gasteiger partial charge in [-0.25, -0.2) is 13.9 Å². The predicted octanol–water partition coefficient (Wildman–Crippen LogP) is 1.84. The average Bonchev–Trinajstić information content (AvgIpc) is 2.93. The molecule has 4 nitrogen and oxygen atoms in total. The molecule has 1 N–H and O–H groups in total. The molecule has 0 saturated heterocycles. The zero-order chi connectivity index (χ0) is 12.5. The summed E-state index contributed by atoms with van der Waals surface area (Å²) in [4.78, 5) is 4.17. The molecular formula is C12H21N3OS. The zero-order valence-corrected chi connectivity index (χ0v) is 11.6. The second-order valence-corrected chi connectivity index (χ2v) is 7.73. The fourth-order valence-electron chi connectivity index (χ4n) is 1.59. The monoisotopic (exact) mass is 255 g/mol. The van der Waals surface area contributed by atoms with Gasteiger partial charge in [0.2, 0.25) is 0 Å². The second-order valence-electron chi connectivity index (χ2n) is 5.68. The van der Waals surface area contributed by atoms with E-state index >= 15 is 0 Å². The van der Waals surface area contributed by atoms with Gasteiger partial charge in [-0.05, 0) is 39.5 Å². The second kappa shape index (κ2) is 4.90. The summed E-state index contributed by atoms with van der Waals surface area (Å²) in [6.45, 7) is 7.59. The first-order valence-corrected chi connectivity index (χ1v) is 7.26. The van der Waals surface area contributed by atoms with E-state index in [2.05, 4.69) is 14.3 Å². The molecule has 1 aliphatic rings. The van der Waals surface area contributed by atoms with Crippen molar-refractivity contribution in [1.29, 1.82) is 0 Å². The van der Waals surface area contributed by atoms with Crippen LogP contribution >= 0.6 is 0 Å². The molecule has 0 bridgehead atoms. The Morgan fingerprint density at radius 2 is 2.24 bits per heavy atom. The van der Waals surface area contributed by atoms with Gasteiger partial charge in [0.15, 0.2) is 0 Å². The molecule has 0 spiro atoms. The Bertz CT molecular complexity index is 404. The van der Waals surface area contributed by atoms with Gasteiger partial charge in [0.25, 0.3) is 0 Å². The van der Waals surface area contributed by atoms with Crippen LogP contribution in [0.1, 0.15) is 39.3 Å². The molecule has 1 atom stereocenters. The number of nitrogens with zero attached hydrogens (tertiary/aromatic N) is 2. The third kappa shape index (κ3) is 3.64. The van der Waals surface area contributed by atoms with E-state index in [0.717, 1.165) is 18.2 Å². The lowest BCUT2D eigenvalue weighted by Gasteiger charge is -2.18. The van der Waals surface area contributed by atoms with Crippen LogP contribution in [0.4, 0.5) is 0 Å². The summed E-state index contributed by atoms with van der Waals surface area (Å²) in [6.07, 6.45) is 6.39. The number of nitrogens with one attached hydrogen (secondary N) is 1. The summed E-state index contributed by atoms with van der Waals surface area (Å²) in [7, 11) is -1.02. The van der Waals surface area contributed by atoms with Crippen molar-refractivity contribution in [1.82, 2.24) is 14.3 Å². The molecule has 1 fully saturated rings. The number of imidazole rings is 1. The molecule has 1 heterocycles. The third-order valence-electron chi connectivity index (χ3n) is 2.89. The third-order valence-corrected chi connectivity index (χ3v) is 4.41. The van der Waals surface area contributed by atoms with Crippen LogP contribution in [0.2, 0.25) is 0 Å². The van der Waals surface area contributed by atoms with Gasteiger partial charge in [-0.1, -0.05) is 0 Å². The highest BCUT2D eigenvalue weighted by Gasteiger charge is 2.23. The number of rotatable bonds is 5. The van der Waals surface area contributed by atoms with E-state index in [1.165, 1.54) is 12.8 Å². The van der Waals surface area contributed by atoms with Crippen molar-refractivity contribution in [3.8, 4) is 0 Å². The molecular weight excluding hydrogens is 234 g/mol. The number of aromatic nitrogens is 2. The minimum absolute atomic E-state index is 0.221. The Labute approximate surface area is 105 Å². The van der Waals surface area contributed by atoms with Crippen molar-refractivity contribution in [3.63, 3.8) is 0 Å². The van der Waals surface area contributed by atoms with Gasteiger partial charge in [-0.2, -0.15) is 0 Å². The Morgan fingerprint density at radius 3 is 2.82 bits per heavy atom. The predicted molar refractivity (Wildman–Crippen MR) is 69.7 cm³/mol. The molecule has 17 heavy (non-hydrogen) atoms. The van der Waals surface area contributed by atoms with Crippen LogP contribution in [0, 0.1) is 5.92 Å². The molecule has 5 heteroatoms. The first-order chi connectivity index (χ1) is 7.97. The minimum atomic E-state index is -1.02. The van der Waals surface area contributed by atoms with Gasteiger partial charge >= 0.3 is 0 Å². The van der Waals surface area contributed by atoms with E-state index < -0.39 is 11.0 Å². The summed E-state index contributed by atoms with van der Waals surface area (Å²) in [6, 6.07) is 0. The standard InChI is InChI=1S/C12H21N3OS/c1-12(2,3)17(16)14-7-11-6-13-9-15(11)8-10-4-5-10/h6,9-10,14H,4-5,7-8H2,1-3H3. The van der Waals surface area contributed by atoms with Crippen molar-refractivity contribution in [3.05, 3.63) is 18.2 Å². The molecule has 1 aromatic heterocycles. The van der Waals surface area contributed by atoms with E-state index in [-0.39, 0.29) is 4.75 Å². The highest BCUT2D eigenvalue weighted by molar-refractivity contribution is 7.84. The van der Waals surface area contributed by atoms with Crippen molar-refractivity contribution in [2.75, 3.05) is 0 Å². The topological polar surface area (TPSA) is 46.9 Å². The van der Waals surface area contributed by atoms with Gasteiger partial charge in [-0.15, -0.1) is 0 Å². The number of hydrogen-bond donors (Lipinski definition) is 1. The summed E-state index contributed by atoms with van der Waals surface area (Å²) in [5, 5.41) is 0. The lowest BCUT2D eigenvalue weighted by Crippen LogP contribution is -2.33. The maximum atomic E-state index is 11.9. The van der Waals surface area contributed by atoms with Crippen LogP contribution < -0.4 is 4.72 Å². The molecule has 1 saturated carbocycles. The van der Waals surface area contributed by atoms with Gasteiger partial charge in [-0.3, -0.25) is 0 Å². The van der Waals surface area contributed by atoms with E-state index in [4.69, 9.17) is 0 Å². The van der Waals surface area contributed by atoms with Crippen LogP contribution in [0.25, 0.3) is 0 Å². The zero-order valence-electron chi connectivity index (χ0n) is 10.8. The summed E-state index contributed by atoms with van der Waals surface area (Å²) in [5.41, 5.74) is 1.12. The molecule has 96 valence electrons. The SMILES string of the molecule is CC(C)(C)S(=O)NCc1cncn1CC1CC1. The Morgan fingerprint density at radius 1 is 1.53 bits per heavy atom. The molecule has 0 radical (unpaired) electrons. The van der Waals surface area contributed by atoms with Crippen molar-refractivity contribution in [2.45, 2.75) is 51.4 Å². The van der Waals surface area contributed by atoms with Gasteiger partial charge in [0.05, 0.1) is 34.3 Å². The molecule has 0 aliphatic heterocycles. The highest BCUT2D eigenvalue weighted by Crippen LogP contribution is 2.30. The van der Waals surface area contributed by atoms with Crippen LogP contribution in [0.5, 0.6) is 0 Å². The Kier molecular flexibility index (Phi) is 3.68. The lowest BCUT2D eigenvalue weighted by molar-refractivity contribution is 0.591. The van der Waals surface area contributed by atoms with Gasteiger partial charge in [0, 0.05) is 12.7 Å². The van der Waals surface area contributed by atoms with E-state index in [1.54, 1.807) is 0 Å². The Balaban J connectivity index is 1.90. The lowest BCUT2D eigenvalue weighted by atomic mass is 10.3. The van der Waals surface area contributed by atoms with Gasteiger partial charge < -0.3 is 4.57 Å². The number of hydrogen-bond acceptors (Lipinski definition) is 2. The van der Waals surface area contributed by atoms with Crippen molar-refractivity contribution >= 4 is 11.0 Å². The fourth-order valence-corrected chi connectivity index (χ4v) is 2.31. The molecule has 0 aromatic carbocycles. The van der Waals surface area contributed by atoms with Crippen molar-refractivity contribution in [2.24, 2.45) is 5.92 Å². The first-order valence-electron chi connectivity index (χ1n) is 6.11. The summed E-state index contributed by atoms with van der Waals surface area (Å²) < 4.78 is 16.9. The molecule has 0 amide bonds. The molecule has 1 aliphatic carbocycles. The largest absolute Gasteiger partial charge is 0.333 e. The molecule has 2 rings (SSSR count). The van der Waals surface area contributed by atoms with Crippen LogP contribution in [0.15, 0.2) is 12.5 Å². The van der Waals surface area contributed by atoms with Crippen LogP contribution in [-0.4, -0.2) is 18.5 Å². The van der Waals surface area contributed by atoms with E-state index in [0.29, 0.717) is 6.54 Å². The quantitative estimate of drug-likeness (QED) is 0.872. The van der Waals surface area contributed by atoms with Crippen LogP contribution in [0.3, 0.4) is 0 Å². The maximum absolute atomic E-state index is 11.9. The normalized spacial score (nSPS) is 18.3. The molecule has 1 unspecified atom stereocenters. The minimum Gasteiger partial charge on any atom is -0.333 e. The maximum Gasteiger partial charge on any atom is 0.0973 e. The summed E-state index contributed by atoms with van der Waals surface area (Å²) in [5.74, 6) is 0.830. The van der Waals surface area contributed by atoms with Gasteiger partial charge in [0.1, 0.15) is 0 Å². The van der Waals surface area contributed by atoms with Crippen molar-refractivity contribution < 1.29 is 4.21 Å². The van der Waals surface area contributed by atoms with E-state index in [1.807, 2.05) is 33.3 Å². The average molecular weight is 255 g/mol. The summed E-state index contributed by atoms with van der Waals surface area (Å²) >= 11 is 0. The first kappa shape index (κ1) is 12.8. The van der Waals surface area contributed by atoms with E-state index in [9.17, 15) is 4.21 Å². The molecule has 1 aromatic rings. The smallest absolute Gasteiger partial charge is 0.0973 e. The fraction of sp³-hybridized carbons (Fsp3) is 0.750. The highest BCUT2D eigenvalue weighted by atomic mass is 32.2. The van der Waals surface area contributed by atoms with Crippen LogP contribution in [-0.2, 0) is 24.1 Å². The Hall–Kier alpha value is -0.680.